The van der Waals surface area contributed by atoms with Crippen LogP contribution >= 0.6 is 0 Å². The van der Waals surface area contributed by atoms with Crippen molar-refractivity contribution in [3.05, 3.63) is 71.3 Å². The van der Waals surface area contributed by atoms with Crippen molar-refractivity contribution in [3.63, 3.8) is 0 Å². The highest BCUT2D eigenvalue weighted by Gasteiger charge is 2.39. The zero-order chi connectivity index (χ0) is 18.1. The summed E-state index contributed by atoms with van der Waals surface area (Å²) >= 11 is 0. The highest BCUT2D eigenvalue weighted by Crippen LogP contribution is 2.38. The van der Waals surface area contributed by atoms with Gasteiger partial charge in [-0.25, -0.2) is 0 Å². The van der Waals surface area contributed by atoms with E-state index < -0.39 is 5.97 Å². The summed E-state index contributed by atoms with van der Waals surface area (Å²) in [7, 11) is 0. The van der Waals surface area contributed by atoms with Crippen LogP contribution in [0, 0.1) is 11.8 Å². The predicted octanol–water partition coefficient (Wildman–Crippen LogP) is 3.81. The molecule has 2 aliphatic rings. The van der Waals surface area contributed by atoms with E-state index in [9.17, 15) is 14.7 Å². The van der Waals surface area contributed by atoms with Gasteiger partial charge in [-0.1, -0.05) is 54.6 Å². The van der Waals surface area contributed by atoms with Crippen LogP contribution in [0.5, 0.6) is 0 Å². The van der Waals surface area contributed by atoms with Crippen LogP contribution in [-0.4, -0.2) is 21.9 Å². The van der Waals surface area contributed by atoms with Gasteiger partial charge in [-0.3, -0.25) is 9.59 Å². The second-order valence-corrected chi connectivity index (χ2v) is 7.41. The first-order valence-corrected chi connectivity index (χ1v) is 9.28. The molecule has 26 heavy (non-hydrogen) atoms. The smallest absolute Gasteiger partial charge is 0.306 e. The molecule has 1 amide bonds. The topological polar surface area (TPSA) is 57.6 Å². The minimum Gasteiger partial charge on any atom is -0.481 e. The van der Waals surface area contributed by atoms with E-state index >= 15 is 0 Å². The molecule has 1 saturated carbocycles. The molecule has 4 nitrogen and oxygen atoms in total. The quantitative estimate of drug-likeness (QED) is 0.917. The van der Waals surface area contributed by atoms with E-state index in [0.29, 0.717) is 25.8 Å². The van der Waals surface area contributed by atoms with Gasteiger partial charge in [-0.15, -0.1) is 0 Å². The number of hydrogen-bond acceptors (Lipinski definition) is 2. The first-order valence-electron chi connectivity index (χ1n) is 9.28. The van der Waals surface area contributed by atoms with Crippen LogP contribution in [0.3, 0.4) is 0 Å². The molecule has 1 heterocycles. The van der Waals surface area contributed by atoms with Crippen LogP contribution in [0.2, 0.25) is 0 Å². The lowest BCUT2D eigenvalue weighted by Crippen LogP contribution is -2.41. The van der Waals surface area contributed by atoms with E-state index in [-0.39, 0.29) is 23.8 Å². The first-order chi connectivity index (χ1) is 12.6. The summed E-state index contributed by atoms with van der Waals surface area (Å²) in [5.41, 5.74) is 3.63. The summed E-state index contributed by atoms with van der Waals surface area (Å²) in [5, 5.41) is 9.26. The van der Waals surface area contributed by atoms with Crippen molar-refractivity contribution in [2.24, 2.45) is 11.8 Å². The molecule has 4 heteroatoms. The fraction of sp³-hybridized carbons (Fsp3) is 0.364. The second-order valence-electron chi connectivity index (χ2n) is 7.41. The zero-order valence-electron chi connectivity index (χ0n) is 14.7. The van der Waals surface area contributed by atoms with Gasteiger partial charge in [0.05, 0.1) is 12.0 Å². The third-order valence-corrected chi connectivity index (χ3v) is 5.85. The van der Waals surface area contributed by atoms with Gasteiger partial charge in [0.15, 0.2) is 0 Å². The molecule has 2 aromatic carbocycles. The van der Waals surface area contributed by atoms with Gasteiger partial charge in [-0.2, -0.15) is 0 Å². The Kier molecular flexibility index (Phi) is 4.49. The molecule has 0 spiro atoms. The molecular formula is C22H23NO3. The number of rotatable bonds is 3. The fourth-order valence-corrected chi connectivity index (χ4v) is 4.39. The maximum absolute atomic E-state index is 13.3. The van der Waals surface area contributed by atoms with Gasteiger partial charge in [0.2, 0.25) is 5.91 Å². The highest BCUT2D eigenvalue weighted by molar-refractivity contribution is 5.81. The fourth-order valence-electron chi connectivity index (χ4n) is 4.39. The summed E-state index contributed by atoms with van der Waals surface area (Å²) in [4.78, 5) is 26.5. The molecular weight excluding hydrogens is 326 g/mol. The van der Waals surface area contributed by atoms with Gasteiger partial charge >= 0.3 is 5.97 Å². The SMILES string of the molecule is O=C(O)[C@@H]1CC[C@H](C(=O)N2Cc3ccccc3CC2c2ccccc2)C1. The minimum atomic E-state index is -0.774. The maximum atomic E-state index is 13.3. The maximum Gasteiger partial charge on any atom is 0.306 e. The van der Waals surface area contributed by atoms with Gasteiger partial charge in [0, 0.05) is 12.5 Å². The molecule has 0 aromatic heterocycles. The number of benzene rings is 2. The molecule has 0 radical (unpaired) electrons. The van der Waals surface area contributed by atoms with Crippen LogP contribution in [0.1, 0.15) is 42.0 Å². The van der Waals surface area contributed by atoms with Gasteiger partial charge in [-0.05, 0) is 42.4 Å². The number of carbonyl (C=O) groups excluding carboxylic acids is 1. The van der Waals surface area contributed by atoms with Crippen molar-refractivity contribution in [3.8, 4) is 0 Å². The Hall–Kier alpha value is -2.62. The highest BCUT2D eigenvalue weighted by atomic mass is 16.4. The Bertz CT molecular complexity index is 817. The molecule has 134 valence electrons. The summed E-state index contributed by atoms with van der Waals surface area (Å²) in [6, 6.07) is 18.5. The molecule has 4 rings (SSSR count). The van der Waals surface area contributed by atoms with Crippen molar-refractivity contribution >= 4 is 11.9 Å². The summed E-state index contributed by atoms with van der Waals surface area (Å²) in [6.45, 7) is 0.600. The van der Waals surface area contributed by atoms with Crippen molar-refractivity contribution in [2.75, 3.05) is 0 Å². The number of nitrogens with zero attached hydrogens (tertiary/aromatic N) is 1. The Morgan fingerprint density at radius 2 is 1.54 bits per heavy atom. The van der Waals surface area contributed by atoms with E-state index in [0.717, 1.165) is 12.0 Å². The standard InChI is InChI=1S/C22H23NO3/c24-21(17-10-11-18(12-17)22(25)26)23-14-19-9-5-4-8-16(19)13-20(23)15-6-2-1-3-7-15/h1-9,17-18,20H,10-14H2,(H,25,26)/t17-,18+,20?/m0/s1. The van der Waals surface area contributed by atoms with E-state index in [1.54, 1.807) is 0 Å². The number of hydrogen-bond donors (Lipinski definition) is 1. The Labute approximate surface area is 153 Å². The van der Waals surface area contributed by atoms with E-state index in [1.165, 1.54) is 11.1 Å². The molecule has 1 fully saturated rings. The number of carboxylic acid groups (broad SMARTS) is 1. The summed E-state index contributed by atoms with van der Waals surface area (Å²) < 4.78 is 0. The van der Waals surface area contributed by atoms with E-state index in [1.807, 2.05) is 35.2 Å². The summed E-state index contributed by atoms with van der Waals surface area (Å²) in [6.07, 6.45) is 2.55. The second kappa shape index (κ2) is 6.94. The van der Waals surface area contributed by atoms with Crippen molar-refractivity contribution in [1.82, 2.24) is 4.90 Å². The van der Waals surface area contributed by atoms with Crippen molar-refractivity contribution in [2.45, 2.75) is 38.3 Å². The van der Waals surface area contributed by atoms with Crippen molar-refractivity contribution in [1.29, 1.82) is 0 Å². The minimum absolute atomic E-state index is 0.0162. The number of amides is 1. The van der Waals surface area contributed by atoms with Gasteiger partial charge in [0.1, 0.15) is 0 Å². The van der Waals surface area contributed by atoms with Crippen molar-refractivity contribution < 1.29 is 14.7 Å². The lowest BCUT2D eigenvalue weighted by molar-refractivity contribution is -0.142. The van der Waals surface area contributed by atoms with Crippen LogP contribution in [0.4, 0.5) is 0 Å². The van der Waals surface area contributed by atoms with Crippen LogP contribution in [0.15, 0.2) is 54.6 Å². The molecule has 2 aromatic rings. The first kappa shape index (κ1) is 16.8. The molecule has 1 unspecified atom stereocenters. The van der Waals surface area contributed by atoms with E-state index in [2.05, 4.69) is 24.3 Å². The molecule has 1 aliphatic carbocycles. The monoisotopic (exact) mass is 349 g/mol. The number of aliphatic carboxylic acids is 1. The largest absolute Gasteiger partial charge is 0.481 e. The third kappa shape index (κ3) is 3.12. The molecule has 3 atom stereocenters. The number of fused-ring (bicyclic) bond motifs is 1. The summed E-state index contributed by atoms with van der Waals surface area (Å²) in [5.74, 6) is -1.22. The predicted molar refractivity (Wildman–Crippen MR) is 98.3 cm³/mol. The molecule has 1 aliphatic heterocycles. The van der Waals surface area contributed by atoms with Crippen LogP contribution < -0.4 is 0 Å². The number of carboxylic acids is 1. The lowest BCUT2D eigenvalue weighted by atomic mass is 9.88. The third-order valence-electron chi connectivity index (χ3n) is 5.85. The Balaban J connectivity index is 1.63. The van der Waals surface area contributed by atoms with Crippen LogP contribution in [0.25, 0.3) is 0 Å². The molecule has 1 N–H and O–H groups in total. The zero-order valence-corrected chi connectivity index (χ0v) is 14.7. The van der Waals surface area contributed by atoms with E-state index in [4.69, 9.17) is 0 Å². The van der Waals surface area contributed by atoms with Gasteiger partial charge in [0.25, 0.3) is 0 Å². The average Bonchev–Trinajstić information content (AvgIpc) is 3.18. The Morgan fingerprint density at radius 1 is 0.885 bits per heavy atom. The normalized spacial score (nSPS) is 24.9. The average molecular weight is 349 g/mol. The number of carbonyl (C=O) groups is 2. The van der Waals surface area contributed by atoms with Gasteiger partial charge < -0.3 is 10.0 Å². The molecule has 0 bridgehead atoms. The lowest BCUT2D eigenvalue weighted by Gasteiger charge is -2.38. The Morgan fingerprint density at radius 3 is 2.23 bits per heavy atom. The molecule has 0 saturated heterocycles. The van der Waals surface area contributed by atoms with Crippen LogP contribution in [-0.2, 0) is 22.6 Å².